The van der Waals surface area contributed by atoms with E-state index in [0.717, 1.165) is 5.01 Å². The summed E-state index contributed by atoms with van der Waals surface area (Å²) in [5.74, 6) is 5.02. The highest BCUT2D eigenvalue weighted by atomic mass is 31.2. The van der Waals surface area contributed by atoms with Gasteiger partial charge in [0.15, 0.2) is 12.9 Å². The molecule has 0 saturated heterocycles. The number of hydrogen-bond acceptors (Lipinski definition) is 7. The molecule has 10 heteroatoms. The van der Waals surface area contributed by atoms with Gasteiger partial charge in [0.05, 0.1) is 0 Å². The molecule has 0 aliphatic heterocycles. The van der Waals surface area contributed by atoms with Gasteiger partial charge in [-0.15, -0.1) is 0 Å². The van der Waals surface area contributed by atoms with E-state index in [4.69, 9.17) is 14.9 Å². The molecule has 0 aliphatic carbocycles. The van der Waals surface area contributed by atoms with Crippen LogP contribution in [0.3, 0.4) is 0 Å². The van der Waals surface area contributed by atoms with E-state index in [-0.39, 0.29) is 18.1 Å². The molecule has 0 aliphatic rings. The molecule has 0 aromatic heterocycles. The fourth-order valence-corrected chi connectivity index (χ4v) is 6.62. The number of phenols is 1. The van der Waals surface area contributed by atoms with Gasteiger partial charge in [-0.1, -0.05) is 55.4 Å². The van der Waals surface area contributed by atoms with Gasteiger partial charge >= 0.3 is 7.60 Å². The van der Waals surface area contributed by atoms with Crippen LogP contribution in [0, 0.1) is 0 Å². The van der Waals surface area contributed by atoms with Gasteiger partial charge in [0.1, 0.15) is 5.75 Å². The summed E-state index contributed by atoms with van der Waals surface area (Å²) >= 11 is 0. The SMILES string of the molecule is CCP(=O)(CC)C(=O)N(N)C(c1cc(C(C)(C)C)c(O)c(C(C)(C)C)c1)P(=O)(OC)OC. The summed E-state index contributed by atoms with van der Waals surface area (Å²) < 4.78 is 37.3. The molecule has 1 atom stereocenters. The number of benzene rings is 1. The number of rotatable bonds is 8. The van der Waals surface area contributed by atoms with Crippen LogP contribution in [0.25, 0.3) is 0 Å². The van der Waals surface area contributed by atoms with Crippen molar-refractivity contribution in [2.24, 2.45) is 5.84 Å². The van der Waals surface area contributed by atoms with E-state index in [1.807, 2.05) is 41.5 Å². The van der Waals surface area contributed by atoms with Crippen molar-refractivity contribution in [1.29, 1.82) is 0 Å². The topological polar surface area (TPSA) is 119 Å². The average molecular weight is 491 g/mol. The Balaban J connectivity index is 4.00. The molecule has 1 aromatic rings. The first-order valence-electron chi connectivity index (χ1n) is 10.7. The smallest absolute Gasteiger partial charge is 0.358 e. The molecule has 184 valence electrons. The molecule has 1 unspecified atom stereocenters. The zero-order valence-corrected chi connectivity index (χ0v) is 22.8. The molecule has 0 fully saturated rings. The van der Waals surface area contributed by atoms with Crippen LogP contribution >= 0.6 is 14.7 Å². The van der Waals surface area contributed by atoms with Crippen LogP contribution in [-0.4, -0.2) is 42.3 Å². The van der Waals surface area contributed by atoms with Crippen molar-refractivity contribution in [1.82, 2.24) is 5.01 Å². The Morgan fingerprint density at radius 3 is 1.66 bits per heavy atom. The molecule has 0 radical (unpaired) electrons. The molecule has 3 N–H and O–H groups in total. The van der Waals surface area contributed by atoms with Gasteiger partial charge in [-0.05, 0) is 39.7 Å². The number of carbonyl (C=O) groups excluding carboxylic acids is 1. The standard InChI is InChI=1S/C22H40N2O6P2/c1-11-31(27,12-2)20(26)24(23)19(32(28,29-9)30-10)15-13-16(21(3,4)5)18(25)17(14-15)22(6,7)8/h13-14,19,25H,11-12,23H2,1-10H3. The summed E-state index contributed by atoms with van der Waals surface area (Å²) in [6, 6.07) is 3.33. The molecule has 0 bridgehead atoms. The number of hydrazine groups is 1. The zero-order valence-electron chi connectivity index (χ0n) is 21.1. The highest BCUT2D eigenvalue weighted by Gasteiger charge is 2.46. The van der Waals surface area contributed by atoms with Crippen molar-refractivity contribution in [3.05, 3.63) is 28.8 Å². The second kappa shape index (κ2) is 9.99. The number of nitrogens with two attached hydrogens (primary N) is 1. The van der Waals surface area contributed by atoms with Crippen molar-refractivity contribution < 1.29 is 28.1 Å². The van der Waals surface area contributed by atoms with Crippen LogP contribution in [0.1, 0.15) is 77.9 Å². The Hall–Kier alpha value is -1.17. The predicted octanol–water partition coefficient (Wildman–Crippen LogP) is 6.17. The number of amides is 1. The van der Waals surface area contributed by atoms with Crippen molar-refractivity contribution in [3.8, 4) is 5.75 Å². The first-order valence-corrected chi connectivity index (χ1v) is 14.4. The summed E-state index contributed by atoms with van der Waals surface area (Å²) in [6.45, 7) is 14.9. The van der Waals surface area contributed by atoms with Gasteiger partial charge in [-0.2, -0.15) is 0 Å². The normalized spacial score (nSPS) is 14.3. The average Bonchev–Trinajstić information content (AvgIpc) is 2.71. The lowest BCUT2D eigenvalue weighted by atomic mass is 9.78. The summed E-state index contributed by atoms with van der Waals surface area (Å²) in [5.41, 5.74) is -0.165. The lowest BCUT2D eigenvalue weighted by Gasteiger charge is -2.35. The molecule has 1 aromatic carbocycles. The van der Waals surface area contributed by atoms with Gasteiger partial charge in [-0.3, -0.25) is 14.4 Å². The van der Waals surface area contributed by atoms with Crippen molar-refractivity contribution in [2.75, 3.05) is 26.5 Å². The second-order valence-corrected chi connectivity index (χ2v) is 15.7. The van der Waals surface area contributed by atoms with Crippen LogP contribution < -0.4 is 5.84 Å². The quantitative estimate of drug-likeness (QED) is 0.193. The first-order chi connectivity index (χ1) is 14.4. The fraction of sp³-hybridized carbons (Fsp3) is 0.682. The monoisotopic (exact) mass is 490 g/mol. The number of phenolic OH excluding ortho intramolecular Hbond substituents is 1. The van der Waals surface area contributed by atoms with Crippen LogP contribution in [0.4, 0.5) is 4.79 Å². The van der Waals surface area contributed by atoms with E-state index in [0.29, 0.717) is 16.7 Å². The fourth-order valence-electron chi connectivity index (χ4n) is 3.53. The highest BCUT2D eigenvalue weighted by Crippen LogP contribution is 2.63. The van der Waals surface area contributed by atoms with Crippen LogP contribution in [0.2, 0.25) is 0 Å². The molecule has 1 amide bonds. The zero-order chi connectivity index (χ0) is 25.3. The maximum absolute atomic E-state index is 13.6. The lowest BCUT2D eigenvalue weighted by Crippen LogP contribution is -2.40. The molecule has 32 heavy (non-hydrogen) atoms. The summed E-state index contributed by atoms with van der Waals surface area (Å²) in [4.78, 5) is 13.2. The summed E-state index contributed by atoms with van der Waals surface area (Å²) in [6.07, 6.45) is 0.256. The van der Waals surface area contributed by atoms with E-state index in [1.54, 1.807) is 26.0 Å². The number of hydrogen-bond donors (Lipinski definition) is 2. The molecule has 0 saturated carbocycles. The van der Waals surface area contributed by atoms with Gasteiger partial charge in [0.2, 0.25) is 0 Å². The third-order valence-corrected chi connectivity index (χ3v) is 10.8. The van der Waals surface area contributed by atoms with Gasteiger partial charge in [-0.25, -0.2) is 5.84 Å². The molecule has 8 nitrogen and oxygen atoms in total. The lowest BCUT2D eigenvalue weighted by molar-refractivity contribution is 0.192. The van der Waals surface area contributed by atoms with Crippen LogP contribution in [0.5, 0.6) is 5.75 Å². The van der Waals surface area contributed by atoms with Crippen molar-refractivity contribution in [3.63, 3.8) is 0 Å². The largest absolute Gasteiger partial charge is 0.507 e. The van der Waals surface area contributed by atoms with E-state index >= 15 is 0 Å². The number of carbonyl (C=O) groups is 1. The Kier molecular flexibility index (Phi) is 9.01. The van der Waals surface area contributed by atoms with E-state index in [2.05, 4.69) is 0 Å². The molecule has 0 spiro atoms. The Bertz CT molecular complexity index is 882. The Morgan fingerprint density at radius 1 is 1.00 bits per heavy atom. The van der Waals surface area contributed by atoms with Gasteiger partial charge in [0.25, 0.3) is 5.65 Å². The molecule has 1 rings (SSSR count). The van der Waals surface area contributed by atoms with Crippen LogP contribution in [-0.2, 0) is 29.0 Å². The summed E-state index contributed by atoms with van der Waals surface area (Å²) in [7, 11) is -4.88. The Morgan fingerprint density at radius 2 is 1.38 bits per heavy atom. The third kappa shape index (κ3) is 5.66. The van der Waals surface area contributed by atoms with Crippen molar-refractivity contribution >= 4 is 20.4 Å². The molecule has 0 heterocycles. The Labute approximate surface area is 192 Å². The molecular weight excluding hydrogens is 450 g/mol. The maximum atomic E-state index is 13.6. The van der Waals surface area contributed by atoms with Gasteiger partial charge < -0.3 is 18.7 Å². The minimum Gasteiger partial charge on any atom is -0.507 e. The predicted molar refractivity (Wildman–Crippen MR) is 130 cm³/mol. The summed E-state index contributed by atoms with van der Waals surface area (Å²) in [5, 5.41) is 11.8. The first kappa shape index (κ1) is 28.9. The minimum atomic E-state index is -4.00. The van der Waals surface area contributed by atoms with E-state index < -0.39 is 37.0 Å². The van der Waals surface area contributed by atoms with E-state index in [9.17, 15) is 19.0 Å². The van der Waals surface area contributed by atoms with E-state index in [1.165, 1.54) is 14.2 Å². The van der Waals surface area contributed by atoms with Crippen LogP contribution in [0.15, 0.2) is 12.1 Å². The van der Waals surface area contributed by atoms with Gasteiger partial charge in [0, 0.05) is 26.5 Å². The number of nitrogens with zero attached hydrogens (tertiary/aromatic N) is 1. The maximum Gasteiger partial charge on any atom is 0.358 e. The molecular formula is C22H40N2O6P2. The highest BCUT2D eigenvalue weighted by molar-refractivity contribution is 7.80. The third-order valence-electron chi connectivity index (χ3n) is 5.71. The van der Waals surface area contributed by atoms with Crippen molar-refractivity contribution in [2.45, 2.75) is 72.0 Å². The minimum absolute atomic E-state index is 0.125. The second-order valence-electron chi connectivity index (χ2n) is 9.95. The number of aromatic hydroxyl groups is 1.